The fourth-order valence-corrected chi connectivity index (χ4v) is 2.21. The van der Waals surface area contributed by atoms with Gasteiger partial charge in [-0.05, 0) is 47.0 Å². The Balaban J connectivity index is 1.78. The molecule has 1 aliphatic rings. The highest BCUT2D eigenvalue weighted by Crippen LogP contribution is 2.25. The van der Waals surface area contributed by atoms with E-state index in [-0.39, 0.29) is 12.5 Å². The predicted octanol–water partition coefficient (Wildman–Crippen LogP) is 2.50. The Kier molecular flexibility index (Phi) is 4.66. The predicted molar refractivity (Wildman–Crippen MR) is 77.3 cm³/mol. The van der Waals surface area contributed by atoms with Crippen molar-refractivity contribution in [3.8, 4) is 0 Å². The minimum absolute atomic E-state index is 0.0342. The molecule has 1 saturated carbocycles. The second-order valence-electron chi connectivity index (χ2n) is 4.27. The van der Waals surface area contributed by atoms with Crippen molar-refractivity contribution in [1.29, 1.82) is 0 Å². The van der Waals surface area contributed by atoms with E-state index >= 15 is 0 Å². The Labute approximate surface area is 124 Å². The van der Waals surface area contributed by atoms with Crippen LogP contribution in [0, 0.1) is 0 Å². The van der Waals surface area contributed by atoms with Crippen LogP contribution in [0.5, 0.6) is 0 Å². The van der Waals surface area contributed by atoms with E-state index in [0.29, 0.717) is 21.2 Å². The van der Waals surface area contributed by atoms with E-state index in [1.54, 1.807) is 18.2 Å². The van der Waals surface area contributed by atoms with Gasteiger partial charge in [0.2, 0.25) is 5.91 Å². The number of hydrogen-bond acceptors (Lipinski definition) is 2. The fraction of sp³-hybridized carbons (Fsp3) is 0.333. The van der Waals surface area contributed by atoms with Crippen LogP contribution in [0.2, 0.25) is 5.02 Å². The molecular formula is C12H13BrClN3O2. The van der Waals surface area contributed by atoms with Gasteiger partial charge in [0.1, 0.15) is 0 Å². The van der Waals surface area contributed by atoms with Gasteiger partial charge in [-0.1, -0.05) is 11.6 Å². The summed E-state index contributed by atoms with van der Waals surface area (Å²) in [5.41, 5.74) is 0.588. The van der Waals surface area contributed by atoms with Crippen LogP contribution >= 0.6 is 27.5 Å². The number of rotatable bonds is 4. The van der Waals surface area contributed by atoms with E-state index in [1.807, 2.05) is 0 Å². The lowest BCUT2D eigenvalue weighted by molar-refractivity contribution is -0.120. The van der Waals surface area contributed by atoms with E-state index < -0.39 is 6.03 Å². The molecule has 1 aliphatic carbocycles. The quantitative estimate of drug-likeness (QED) is 0.784. The number of carbonyl (C=O) groups is 2. The Morgan fingerprint density at radius 1 is 1.37 bits per heavy atom. The topological polar surface area (TPSA) is 70.2 Å². The molecule has 0 saturated heterocycles. The van der Waals surface area contributed by atoms with E-state index in [1.165, 1.54) is 0 Å². The first-order valence-corrected chi connectivity index (χ1v) is 7.01. The molecule has 0 spiro atoms. The lowest BCUT2D eigenvalue weighted by Gasteiger charge is -2.09. The number of carbonyl (C=O) groups excluding carboxylic acids is 2. The second-order valence-corrected chi connectivity index (χ2v) is 5.56. The van der Waals surface area contributed by atoms with Crippen LogP contribution in [0.15, 0.2) is 22.7 Å². The van der Waals surface area contributed by atoms with Crippen molar-refractivity contribution < 1.29 is 9.59 Å². The molecule has 19 heavy (non-hydrogen) atoms. The maximum atomic E-state index is 11.6. The highest BCUT2D eigenvalue weighted by Gasteiger charge is 2.23. The molecule has 0 atom stereocenters. The third-order valence-electron chi connectivity index (χ3n) is 2.53. The van der Waals surface area contributed by atoms with E-state index in [2.05, 4.69) is 31.9 Å². The minimum Gasteiger partial charge on any atom is -0.352 e. The number of amides is 3. The molecule has 0 aliphatic heterocycles. The van der Waals surface area contributed by atoms with Crippen LogP contribution < -0.4 is 16.0 Å². The smallest absolute Gasteiger partial charge is 0.319 e. The van der Waals surface area contributed by atoms with Crippen LogP contribution in [0.1, 0.15) is 12.8 Å². The molecular weight excluding hydrogens is 334 g/mol. The summed E-state index contributed by atoms with van der Waals surface area (Å²) in [6, 6.07) is 4.88. The molecule has 0 heterocycles. The Morgan fingerprint density at radius 2 is 2.11 bits per heavy atom. The number of nitrogens with one attached hydrogen (secondary N) is 3. The van der Waals surface area contributed by atoms with Crippen LogP contribution in [-0.2, 0) is 4.79 Å². The molecule has 7 heteroatoms. The van der Waals surface area contributed by atoms with Gasteiger partial charge in [-0.3, -0.25) is 4.79 Å². The molecule has 0 bridgehead atoms. The summed E-state index contributed by atoms with van der Waals surface area (Å²) in [7, 11) is 0. The SMILES string of the molecule is O=C(CNC(=O)Nc1ccc(Cl)cc1Br)NC1CC1. The van der Waals surface area contributed by atoms with Crippen molar-refractivity contribution in [3.05, 3.63) is 27.7 Å². The molecule has 0 radical (unpaired) electrons. The molecule has 1 fully saturated rings. The van der Waals surface area contributed by atoms with Crippen molar-refractivity contribution in [2.75, 3.05) is 11.9 Å². The third kappa shape index (κ3) is 4.72. The van der Waals surface area contributed by atoms with Gasteiger partial charge in [-0.25, -0.2) is 4.79 Å². The average molecular weight is 347 g/mol. The van der Waals surface area contributed by atoms with Gasteiger partial charge >= 0.3 is 6.03 Å². The molecule has 3 N–H and O–H groups in total. The summed E-state index contributed by atoms with van der Waals surface area (Å²) in [5, 5.41) is 8.47. The first kappa shape index (κ1) is 14.1. The monoisotopic (exact) mass is 345 g/mol. The van der Waals surface area contributed by atoms with Crippen molar-refractivity contribution in [1.82, 2.24) is 10.6 Å². The number of benzene rings is 1. The number of hydrogen-bond donors (Lipinski definition) is 3. The summed E-state index contributed by atoms with van der Waals surface area (Å²) >= 11 is 9.09. The summed E-state index contributed by atoms with van der Waals surface area (Å²) in [5.74, 6) is -0.173. The van der Waals surface area contributed by atoms with Crippen molar-refractivity contribution in [3.63, 3.8) is 0 Å². The minimum atomic E-state index is -0.436. The molecule has 2 rings (SSSR count). The number of urea groups is 1. The normalized spacial score (nSPS) is 13.8. The zero-order valence-electron chi connectivity index (χ0n) is 10.0. The van der Waals surface area contributed by atoms with Gasteiger partial charge in [0, 0.05) is 15.5 Å². The lowest BCUT2D eigenvalue weighted by Crippen LogP contribution is -2.39. The second kappa shape index (κ2) is 6.25. The third-order valence-corrected chi connectivity index (χ3v) is 3.42. The summed E-state index contributed by atoms with van der Waals surface area (Å²) in [4.78, 5) is 23.0. The van der Waals surface area contributed by atoms with Gasteiger partial charge < -0.3 is 16.0 Å². The maximum Gasteiger partial charge on any atom is 0.319 e. The zero-order chi connectivity index (χ0) is 13.8. The molecule has 5 nitrogen and oxygen atoms in total. The van der Waals surface area contributed by atoms with Gasteiger partial charge in [-0.2, -0.15) is 0 Å². The van der Waals surface area contributed by atoms with E-state index in [0.717, 1.165) is 12.8 Å². The molecule has 102 valence electrons. The van der Waals surface area contributed by atoms with E-state index in [4.69, 9.17) is 11.6 Å². The molecule has 0 aromatic heterocycles. The number of anilines is 1. The Hall–Kier alpha value is -1.27. The lowest BCUT2D eigenvalue weighted by atomic mass is 10.3. The van der Waals surface area contributed by atoms with E-state index in [9.17, 15) is 9.59 Å². The van der Waals surface area contributed by atoms with Crippen LogP contribution in [0.25, 0.3) is 0 Å². The largest absolute Gasteiger partial charge is 0.352 e. The summed E-state index contributed by atoms with van der Waals surface area (Å²) in [6.45, 7) is -0.0342. The molecule has 0 unspecified atom stereocenters. The highest BCUT2D eigenvalue weighted by molar-refractivity contribution is 9.10. The van der Waals surface area contributed by atoms with Gasteiger partial charge in [0.25, 0.3) is 0 Å². The molecule has 1 aromatic rings. The fourth-order valence-electron chi connectivity index (χ4n) is 1.42. The van der Waals surface area contributed by atoms with Gasteiger partial charge in [0.05, 0.1) is 12.2 Å². The Morgan fingerprint density at radius 3 is 2.74 bits per heavy atom. The van der Waals surface area contributed by atoms with Crippen LogP contribution in [-0.4, -0.2) is 24.5 Å². The maximum absolute atomic E-state index is 11.6. The van der Waals surface area contributed by atoms with Gasteiger partial charge in [-0.15, -0.1) is 0 Å². The Bertz CT molecular complexity index is 506. The zero-order valence-corrected chi connectivity index (χ0v) is 12.3. The standard InChI is InChI=1S/C12H13BrClN3O2/c13-9-5-7(14)1-4-10(9)17-12(19)15-6-11(18)16-8-2-3-8/h1,4-5,8H,2-3,6H2,(H,16,18)(H2,15,17,19). The molecule has 1 aromatic carbocycles. The summed E-state index contributed by atoms with van der Waals surface area (Å²) in [6.07, 6.45) is 2.05. The van der Waals surface area contributed by atoms with Crippen molar-refractivity contribution >= 4 is 45.2 Å². The average Bonchev–Trinajstić information content (AvgIpc) is 3.14. The van der Waals surface area contributed by atoms with Gasteiger partial charge in [0.15, 0.2) is 0 Å². The highest BCUT2D eigenvalue weighted by atomic mass is 79.9. The first-order chi connectivity index (χ1) is 9.04. The summed E-state index contributed by atoms with van der Waals surface area (Å²) < 4.78 is 0.678. The molecule has 3 amide bonds. The van der Waals surface area contributed by atoms with Crippen molar-refractivity contribution in [2.45, 2.75) is 18.9 Å². The van der Waals surface area contributed by atoms with Crippen molar-refractivity contribution in [2.24, 2.45) is 0 Å². The van der Waals surface area contributed by atoms with Crippen LogP contribution in [0.4, 0.5) is 10.5 Å². The number of halogens is 2. The first-order valence-electron chi connectivity index (χ1n) is 5.84. The van der Waals surface area contributed by atoms with Crippen LogP contribution in [0.3, 0.4) is 0 Å².